The lowest BCUT2D eigenvalue weighted by molar-refractivity contribution is -0.128. The van der Waals surface area contributed by atoms with E-state index in [9.17, 15) is 4.79 Å². The Kier molecular flexibility index (Phi) is 5.98. The molecule has 3 nitrogen and oxygen atoms in total. The summed E-state index contributed by atoms with van der Waals surface area (Å²) in [5.41, 5.74) is -0.353. The fraction of sp³-hybridized carbons (Fsp3) is 0.727. The quantitative estimate of drug-likeness (QED) is 0.503. The van der Waals surface area contributed by atoms with Gasteiger partial charge in [0.05, 0.1) is 5.41 Å². The molecule has 0 bridgehead atoms. The van der Waals surface area contributed by atoms with Crippen LogP contribution in [0.25, 0.3) is 0 Å². The molecule has 3 heteroatoms. The van der Waals surface area contributed by atoms with Crippen LogP contribution in [-0.2, 0) is 4.79 Å². The van der Waals surface area contributed by atoms with Gasteiger partial charge in [-0.2, -0.15) is 0 Å². The van der Waals surface area contributed by atoms with Crippen LogP contribution in [0.4, 0.5) is 0 Å². The molecule has 0 aliphatic carbocycles. The van der Waals surface area contributed by atoms with E-state index in [-0.39, 0.29) is 11.3 Å². The van der Waals surface area contributed by atoms with Gasteiger partial charge in [0.2, 0.25) is 5.91 Å². The SMILES string of the molecule is CC#CCCNCC(C)(C)C(=O)NC. The minimum atomic E-state index is -0.353. The van der Waals surface area contributed by atoms with Crippen molar-refractivity contribution in [3.63, 3.8) is 0 Å². The lowest BCUT2D eigenvalue weighted by Gasteiger charge is -2.22. The Balaban J connectivity index is 3.74. The van der Waals surface area contributed by atoms with Crippen molar-refractivity contribution < 1.29 is 4.79 Å². The number of carbonyl (C=O) groups is 1. The summed E-state index contributed by atoms with van der Waals surface area (Å²) in [6, 6.07) is 0. The van der Waals surface area contributed by atoms with Crippen molar-refractivity contribution in [3.05, 3.63) is 0 Å². The zero-order valence-electron chi connectivity index (χ0n) is 9.53. The Hall–Kier alpha value is -1.01. The summed E-state index contributed by atoms with van der Waals surface area (Å²) in [7, 11) is 1.66. The Morgan fingerprint density at radius 1 is 1.43 bits per heavy atom. The topological polar surface area (TPSA) is 41.1 Å². The maximum atomic E-state index is 11.4. The number of rotatable bonds is 5. The van der Waals surface area contributed by atoms with Crippen LogP contribution in [-0.4, -0.2) is 26.0 Å². The number of carbonyl (C=O) groups excluding carboxylic acids is 1. The highest BCUT2D eigenvalue weighted by molar-refractivity contribution is 5.81. The van der Waals surface area contributed by atoms with Gasteiger partial charge in [0, 0.05) is 26.6 Å². The van der Waals surface area contributed by atoms with Gasteiger partial charge in [-0.25, -0.2) is 0 Å². The molecule has 0 fully saturated rings. The minimum Gasteiger partial charge on any atom is -0.359 e. The lowest BCUT2D eigenvalue weighted by Crippen LogP contribution is -2.42. The third-order valence-electron chi connectivity index (χ3n) is 2.01. The smallest absolute Gasteiger partial charge is 0.226 e. The van der Waals surface area contributed by atoms with E-state index in [1.54, 1.807) is 7.05 Å². The molecular formula is C11H20N2O. The van der Waals surface area contributed by atoms with Crippen LogP contribution in [0.3, 0.4) is 0 Å². The minimum absolute atomic E-state index is 0.0616. The molecule has 0 radical (unpaired) electrons. The third kappa shape index (κ3) is 4.88. The Labute approximate surface area is 86.6 Å². The van der Waals surface area contributed by atoms with Crippen molar-refractivity contribution in [2.24, 2.45) is 5.41 Å². The maximum absolute atomic E-state index is 11.4. The van der Waals surface area contributed by atoms with Crippen LogP contribution in [0.5, 0.6) is 0 Å². The van der Waals surface area contributed by atoms with Gasteiger partial charge >= 0.3 is 0 Å². The predicted octanol–water partition coefficient (Wildman–Crippen LogP) is 0.762. The van der Waals surface area contributed by atoms with E-state index in [0.29, 0.717) is 6.54 Å². The highest BCUT2D eigenvalue weighted by atomic mass is 16.2. The van der Waals surface area contributed by atoms with Gasteiger partial charge < -0.3 is 10.6 Å². The molecule has 0 atom stereocenters. The predicted molar refractivity (Wildman–Crippen MR) is 58.8 cm³/mol. The van der Waals surface area contributed by atoms with Crippen LogP contribution in [0.15, 0.2) is 0 Å². The van der Waals surface area contributed by atoms with E-state index in [2.05, 4.69) is 22.5 Å². The summed E-state index contributed by atoms with van der Waals surface area (Å²) in [5.74, 6) is 5.86. The first-order valence-electron chi connectivity index (χ1n) is 4.87. The summed E-state index contributed by atoms with van der Waals surface area (Å²) < 4.78 is 0. The molecule has 0 unspecified atom stereocenters. The van der Waals surface area contributed by atoms with Gasteiger partial charge in [0.25, 0.3) is 0 Å². The Bertz CT molecular complexity index is 235. The molecule has 1 amide bonds. The summed E-state index contributed by atoms with van der Waals surface area (Å²) >= 11 is 0. The van der Waals surface area contributed by atoms with Gasteiger partial charge in [0.1, 0.15) is 0 Å². The zero-order chi connectivity index (χ0) is 11.0. The monoisotopic (exact) mass is 196 g/mol. The van der Waals surface area contributed by atoms with E-state index >= 15 is 0 Å². The van der Waals surface area contributed by atoms with Gasteiger partial charge in [-0.05, 0) is 20.8 Å². The number of nitrogens with one attached hydrogen (secondary N) is 2. The fourth-order valence-electron chi connectivity index (χ4n) is 1.10. The van der Waals surface area contributed by atoms with E-state index in [4.69, 9.17) is 0 Å². The summed E-state index contributed by atoms with van der Waals surface area (Å²) in [5, 5.41) is 5.86. The van der Waals surface area contributed by atoms with Gasteiger partial charge in [-0.1, -0.05) is 0 Å². The third-order valence-corrected chi connectivity index (χ3v) is 2.01. The standard InChI is InChI=1S/C11H20N2O/c1-5-6-7-8-13-9-11(2,3)10(14)12-4/h13H,7-9H2,1-4H3,(H,12,14). The van der Waals surface area contributed by atoms with E-state index in [1.165, 1.54) is 0 Å². The van der Waals surface area contributed by atoms with Gasteiger partial charge in [-0.15, -0.1) is 11.8 Å². The van der Waals surface area contributed by atoms with Gasteiger partial charge in [0.15, 0.2) is 0 Å². The molecule has 2 N–H and O–H groups in total. The van der Waals surface area contributed by atoms with Crippen molar-refractivity contribution in [3.8, 4) is 11.8 Å². The highest BCUT2D eigenvalue weighted by Gasteiger charge is 2.25. The summed E-state index contributed by atoms with van der Waals surface area (Å²) in [6.45, 7) is 7.18. The second kappa shape index (κ2) is 6.44. The molecule has 0 heterocycles. The second-order valence-corrected chi connectivity index (χ2v) is 3.82. The average molecular weight is 196 g/mol. The first kappa shape index (κ1) is 13.0. The molecule has 0 saturated carbocycles. The molecule has 14 heavy (non-hydrogen) atoms. The highest BCUT2D eigenvalue weighted by Crippen LogP contribution is 2.12. The average Bonchev–Trinajstić information content (AvgIpc) is 2.16. The van der Waals surface area contributed by atoms with Gasteiger partial charge in [-0.3, -0.25) is 4.79 Å². The zero-order valence-corrected chi connectivity index (χ0v) is 9.53. The molecule has 0 spiro atoms. The van der Waals surface area contributed by atoms with Crippen molar-refractivity contribution in [1.82, 2.24) is 10.6 Å². The molecule has 0 aromatic heterocycles. The second-order valence-electron chi connectivity index (χ2n) is 3.82. The largest absolute Gasteiger partial charge is 0.359 e. The molecule has 0 aromatic rings. The molecule has 0 aromatic carbocycles. The van der Waals surface area contributed by atoms with Crippen LogP contribution >= 0.6 is 0 Å². The lowest BCUT2D eigenvalue weighted by atomic mass is 9.92. The number of hydrogen-bond acceptors (Lipinski definition) is 2. The number of hydrogen-bond donors (Lipinski definition) is 2. The first-order chi connectivity index (χ1) is 6.54. The van der Waals surface area contributed by atoms with Crippen LogP contribution < -0.4 is 10.6 Å². The van der Waals surface area contributed by atoms with Crippen LogP contribution in [0, 0.1) is 17.3 Å². The number of amides is 1. The molecule has 0 aliphatic rings. The molecule has 0 rings (SSSR count). The van der Waals surface area contributed by atoms with Crippen molar-refractivity contribution >= 4 is 5.91 Å². The molecule has 0 saturated heterocycles. The Morgan fingerprint density at radius 2 is 2.07 bits per heavy atom. The summed E-state index contributed by atoms with van der Waals surface area (Å²) in [4.78, 5) is 11.4. The van der Waals surface area contributed by atoms with Crippen LogP contribution in [0.2, 0.25) is 0 Å². The maximum Gasteiger partial charge on any atom is 0.226 e. The van der Waals surface area contributed by atoms with E-state index < -0.39 is 0 Å². The molecule has 0 aliphatic heterocycles. The van der Waals surface area contributed by atoms with E-state index in [1.807, 2.05) is 20.8 Å². The van der Waals surface area contributed by atoms with Crippen molar-refractivity contribution in [1.29, 1.82) is 0 Å². The normalized spacial score (nSPS) is 10.3. The van der Waals surface area contributed by atoms with Crippen molar-refractivity contribution in [2.75, 3.05) is 20.1 Å². The first-order valence-corrected chi connectivity index (χ1v) is 4.87. The molecular weight excluding hydrogens is 176 g/mol. The van der Waals surface area contributed by atoms with E-state index in [0.717, 1.165) is 13.0 Å². The Morgan fingerprint density at radius 3 is 2.57 bits per heavy atom. The molecule has 80 valence electrons. The fourth-order valence-corrected chi connectivity index (χ4v) is 1.10. The van der Waals surface area contributed by atoms with Crippen LogP contribution in [0.1, 0.15) is 27.2 Å². The summed E-state index contributed by atoms with van der Waals surface area (Å²) in [6.07, 6.45) is 0.834. The van der Waals surface area contributed by atoms with Crippen molar-refractivity contribution in [2.45, 2.75) is 27.2 Å².